The first-order valence-electron chi connectivity index (χ1n) is 9.24. The van der Waals surface area contributed by atoms with Crippen molar-refractivity contribution in [2.45, 2.75) is 25.9 Å². The highest BCUT2D eigenvalue weighted by Gasteiger charge is 2.24. The van der Waals surface area contributed by atoms with Crippen LogP contribution in [0.4, 0.5) is 0 Å². The van der Waals surface area contributed by atoms with Gasteiger partial charge in [0, 0.05) is 24.9 Å². The normalized spacial score (nSPS) is 16.8. The number of rotatable bonds is 6. The van der Waals surface area contributed by atoms with Crippen molar-refractivity contribution in [1.82, 2.24) is 14.9 Å². The van der Waals surface area contributed by atoms with Gasteiger partial charge in [0.1, 0.15) is 11.9 Å². The molecule has 1 atom stereocenters. The van der Waals surface area contributed by atoms with E-state index in [1.807, 2.05) is 25.1 Å². The van der Waals surface area contributed by atoms with Crippen molar-refractivity contribution in [1.29, 1.82) is 0 Å². The molecule has 148 valence electrons. The molecule has 7 heteroatoms. The van der Waals surface area contributed by atoms with Gasteiger partial charge in [-0.3, -0.25) is 4.79 Å². The molecule has 1 aliphatic rings. The third kappa shape index (κ3) is 5.00. The number of piperidine rings is 1. The summed E-state index contributed by atoms with van der Waals surface area (Å²) in [6.45, 7) is 3.08. The first-order valence-corrected chi connectivity index (χ1v) is 9.24. The fraction of sp³-hybridized carbons (Fsp3) is 0.381. The van der Waals surface area contributed by atoms with E-state index in [0.29, 0.717) is 29.7 Å². The van der Waals surface area contributed by atoms with Crippen LogP contribution in [0.15, 0.2) is 36.5 Å². The minimum Gasteiger partial charge on any atom is -0.493 e. The molecular weight excluding hydrogens is 358 g/mol. The predicted octanol–water partition coefficient (Wildman–Crippen LogP) is 2.89. The Labute approximate surface area is 165 Å². The lowest BCUT2D eigenvalue weighted by molar-refractivity contribution is -0.128. The monoisotopic (exact) mass is 383 g/mol. The second kappa shape index (κ2) is 9.21. The number of benzene rings is 1. The van der Waals surface area contributed by atoms with Gasteiger partial charge in [0.2, 0.25) is 11.8 Å². The summed E-state index contributed by atoms with van der Waals surface area (Å²) in [5, 5.41) is 0. The largest absolute Gasteiger partial charge is 0.493 e. The number of carbonyl (C=O) groups excluding carboxylic acids is 1. The molecule has 1 amide bonds. The van der Waals surface area contributed by atoms with Crippen molar-refractivity contribution in [3.8, 4) is 17.4 Å². The van der Waals surface area contributed by atoms with Crippen LogP contribution in [0.25, 0.3) is 6.08 Å². The van der Waals surface area contributed by atoms with Crippen molar-refractivity contribution in [3.05, 3.63) is 47.9 Å². The van der Waals surface area contributed by atoms with Crippen LogP contribution in [-0.4, -0.2) is 54.2 Å². The second-order valence-electron chi connectivity index (χ2n) is 6.56. The first-order chi connectivity index (χ1) is 13.6. The molecule has 1 aromatic carbocycles. The van der Waals surface area contributed by atoms with Crippen LogP contribution in [0.2, 0.25) is 0 Å². The lowest BCUT2D eigenvalue weighted by Gasteiger charge is -2.32. The molecule has 0 bridgehead atoms. The van der Waals surface area contributed by atoms with Gasteiger partial charge < -0.3 is 19.1 Å². The number of hydrogen-bond donors (Lipinski definition) is 0. The van der Waals surface area contributed by atoms with Crippen molar-refractivity contribution in [3.63, 3.8) is 0 Å². The molecular formula is C21H25N3O4. The smallest absolute Gasteiger partial charge is 0.246 e. The first kappa shape index (κ1) is 19.7. The highest BCUT2D eigenvalue weighted by molar-refractivity contribution is 5.92. The number of aromatic nitrogens is 2. The molecule has 1 aliphatic heterocycles. The average molecular weight is 383 g/mol. The second-order valence-corrected chi connectivity index (χ2v) is 6.56. The average Bonchev–Trinajstić information content (AvgIpc) is 2.72. The van der Waals surface area contributed by atoms with E-state index in [4.69, 9.17) is 14.2 Å². The molecule has 7 nitrogen and oxygen atoms in total. The molecule has 1 aromatic heterocycles. The summed E-state index contributed by atoms with van der Waals surface area (Å²) in [6.07, 6.45) is 6.76. The van der Waals surface area contributed by atoms with E-state index in [-0.39, 0.29) is 12.0 Å². The summed E-state index contributed by atoms with van der Waals surface area (Å²) in [5.41, 5.74) is 0.868. The summed E-state index contributed by atoms with van der Waals surface area (Å²) in [4.78, 5) is 22.7. The summed E-state index contributed by atoms with van der Waals surface area (Å²) in [5.74, 6) is 2.46. The Bertz CT molecular complexity index is 853. The topological polar surface area (TPSA) is 73.8 Å². The van der Waals surface area contributed by atoms with Gasteiger partial charge in [0.25, 0.3) is 0 Å². The summed E-state index contributed by atoms with van der Waals surface area (Å²) in [6, 6.07) is 7.27. The third-order valence-electron chi connectivity index (χ3n) is 4.55. The SMILES string of the molecule is COc1ccc(/C=C/C(=O)N2CCC[C@@H](Oc3ccnc(C)n3)C2)cc1OC. The fourth-order valence-electron chi connectivity index (χ4n) is 3.13. The van der Waals surface area contributed by atoms with Gasteiger partial charge in [-0.2, -0.15) is 4.98 Å². The molecule has 0 unspecified atom stereocenters. The van der Waals surface area contributed by atoms with Gasteiger partial charge in [0.05, 0.1) is 20.8 Å². The van der Waals surface area contributed by atoms with Crippen molar-refractivity contribution >= 4 is 12.0 Å². The molecule has 1 saturated heterocycles. The molecule has 2 heterocycles. The van der Waals surface area contributed by atoms with E-state index in [1.165, 1.54) is 0 Å². The van der Waals surface area contributed by atoms with Crippen molar-refractivity contribution < 1.29 is 19.0 Å². The molecule has 0 radical (unpaired) electrons. The van der Waals surface area contributed by atoms with E-state index in [2.05, 4.69) is 9.97 Å². The number of methoxy groups -OCH3 is 2. The number of ether oxygens (including phenoxy) is 3. The van der Waals surface area contributed by atoms with E-state index >= 15 is 0 Å². The van der Waals surface area contributed by atoms with Crippen LogP contribution in [0.5, 0.6) is 17.4 Å². The lowest BCUT2D eigenvalue weighted by Crippen LogP contribution is -2.43. The van der Waals surface area contributed by atoms with Crippen LogP contribution in [-0.2, 0) is 4.79 Å². The number of likely N-dealkylation sites (tertiary alicyclic amines) is 1. The fourth-order valence-corrected chi connectivity index (χ4v) is 3.13. The Hall–Kier alpha value is -3.09. The maximum Gasteiger partial charge on any atom is 0.246 e. The maximum absolute atomic E-state index is 12.6. The van der Waals surface area contributed by atoms with Gasteiger partial charge in [-0.1, -0.05) is 6.07 Å². The van der Waals surface area contributed by atoms with E-state index in [0.717, 1.165) is 24.9 Å². The molecule has 0 N–H and O–H groups in total. The Morgan fingerprint density at radius 2 is 2.04 bits per heavy atom. The number of nitrogens with zero attached hydrogens (tertiary/aromatic N) is 3. The van der Waals surface area contributed by atoms with Crippen molar-refractivity contribution in [2.75, 3.05) is 27.3 Å². The summed E-state index contributed by atoms with van der Waals surface area (Å²) in [7, 11) is 3.18. The summed E-state index contributed by atoms with van der Waals surface area (Å²) >= 11 is 0. The number of aryl methyl sites for hydroxylation is 1. The van der Waals surface area contributed by atoms with Gasteiger partial charge in [-0.05, 0) is 43.5 Å². The number of hydrogen-bond acceptors (Lipinski definition) is 6. The minimum atomic E-state index is -0.0681. The van der Waals surface area contributed by atoms with Gasteiger partial charge in [0.15, 0.2) is 11.5 Å². The summed E-state index contributed by atoms with van der Waals surface area (Å²) < 4.78 is 16.5. The van der Waals surface area contributed by atoms with Crippen LogP contribution >= 0.6 is 0 Å². The van der Waals surface area contributed by atoms with Gasteiger partial charge in [-0.25, -0.2) is 4.98 Å². The van der Waals surface area contributed by atoms with Crippen LogP contribution < -0.4 is 14.2 Å². The molecule has 28 heavy (non-hydrogen) atoms. The number of amides is 1. The lowest BCUT2D eigenvalue weighted by atomic mass is 10.1. The zero-order valence-electron chi connectivity index (χ0n) is 16.4. The zero-order valence-corrected chi connectivity index (χ0v) is 16.4. The van der Waals surface area contributed by atoms with E-state index in [9.17, 15) is 4.79 Å². The molecule has 1 fully saturated rings. The van der Waals surface area contributed by atoms with Crippen molar-refractivity contribution in [2.24, 2.45) is 0 Å². The van der Waals surface area contributed by atoms with Crippen LogP contribution in [0.1, 0.15) is 24.2 Å². The molecule has 0 aliphatic carbocycles. The molecule has 0 saturated carbocycles. The van der Waals surface area contributed by atoms with Gasteiger partial charge >= 0.3 is 0 Å². The quantitative estimate of drug-likeness (QED) is 0.714. The van der Waals surface area contributed by atoms with E-state index in [1.54, 1.807) is 43.5 Å². The highest BCUT2D eigenvalue weighted by atomic mass is 16.5. The van der Waals surface area contributed by atoms with Gasteiger partial charge in [-0.15, -0.1) is 0 Å². The predicted molar refractivity (Wildman–Crippen MR) is 106 cm³/mol. The van der Waals surface area contributed by atoms with Crippen LogP contribution in [0, 0.1) is 6.92 Å². The Morgan fingerprint density at radius 1 is 1.21 bits per heavy atom. The standard InChI is InChI=1S/C21H25N3O4/c1-15-22-11-10-20(23-15)28-17-5-4-12-24(14-17)21(25)9-7-16-6-8-18(26-2)19(13-16)27-3/h6-11,13,17H,4-5,12,14H2,1-3H3/b9-7+/t17-/m1/s1. The number of carbonyl (C=O) groups is 1. The minimum absolute atomic E-state index is 0.0399. The third-order valence-corrected chi connectivity index (χ3v) is 4.55. The molecule has 2 aromatic rings. The Morgan fingerprint density at radius 3 is 2.79 bits per heavy atom. The van der Waals surface area contributed by atoms with Crippen LogP contribution in [0.3, 0.4) is 0 Å². The Kier molecular flexibility index (Phi) is 6.47. The Balaban J connectivity index is 1.61. The molecule has 0 spiro atoms. The molecule has 3 rings (SSSR count). The highest BCUT2D eigenvalue weighted by Crippen LogP contribution is 2.28. The zero-order chi connectivity index (χ0) is 19.9. The maximum atomic E-state index is 12.6. The van der Waals surface area contributed by atoms with E-state index < -0.39 is 0 Å².